The molecule has 1 aliphatic heterocycles. The van der Waals surface area contributed by atoms with E-state index in [0.29, 0.717) is 12.4 Å². The Labute approximate surface area is 130 Å². The van der Waals surface area contributed by atoms with Crippen molar-refractivity contribution in [2.75, 3.05) is 0 Å². The fourth-order valence-corrected chi connectivity index (χ4v) is 2.90. The van der Waals surface area contributed by atoms with E-state index in [1.807, 2.05) is 4.68 Å². The van der Waals surface area contributed by atoms with Crippen LogP contribution in [0, 0.1) is 5.82 Å². The maximum atomic E-state index is 13.5. The molecule has 0 spiro atoms. The molecule has 1 aromatic carbocycles. The van der Waals surface area contributed by atoms with Crippen molar-refractivity contribution in [3.05, 3.63) is 29.7 Å². The Kier molecular flexibility index (Phi) is 4.71. The van der Waals surface area contributed by atoms with E-state index in [1.54, 1.807) is 6.07 Å². The Bertz CT molecular complexity index is 639. The van der Waals surface area contributed by atoms with E-state index in [0.717, 1.165) is 29.9 Å². The third-order valence-electron chi connectivity index (χ3n) is 4.09. The molecule has 2 aromatic rings. The molecule has 22 heavy (non-hydrogen) atoms. The summed E-state index contributed by atoms with van der Waals surface area (Å²) in [7, 11) is 0. The summed E-state index contributed by atoms with van der Waals surface area (Å²) in [4.78, 5) is 0. The van der Waals surface area contributed by atoms with Crippen LogP contribution in [0.3, 0.4) is 0 Å². The predicted octanol–water partition coefficient (Wildman–Crippen LogP) is 4.34. The molecular formula is C17H22FN3O. The van der Waals surface area contributed by atoms with E-state index in [-0.39, 0.29) is 5.82 Å². The summed E-state index contributed by atoms with van der Waals surface area (Å²) in [5.74, 6) is 0.447. The van der Waals surface area contributed by atoms with Gasteiger partial charge in [0.25, 0.3) is 0 Å². The highest BCUT2D eigenvalue weighted by molar-refractivity contribution is 5.70. The zero-order chi connectivity index (χ0) is 15.4. The normalized spacial score (nSPS) is 12.6. The Morgan fingerprint density at radius 1 is 1.18 bits per heavy atom. The van der Waals surface area contributed by atoms with Gasteiger partial charge in [0, 0.05) is 12.1 Å². The summed E-state index contributed by atoms with van der Waals surface area (Å²) in [5.41, 5.74) is 2.47. The van der Waals surface area contributed by atoms with E-state index < -0.39 is 0 Å². The van der Waals surface area contributed by atoms with Gasteiger partial charge >= 0.3 is 0 Å². The van der Waals surface area contributed by atoms with Gasteiger partial charge in [0.15, 0.2) is 0 Å². The summed E-state index contributed by atoms with van der Waals surface area (Å²) in [6.45, 7) is 3.45. The van der Waals surface area contributed by atoms with Gasteiger partial charge in [0.1, 0.15) is 23.9 Å². The van der Waals surface area contributed by atoms with Crippen molar-refractivity contribution in [2.45, 2.75) is 58.6 Å². The molecule has 4 nitrogen and oxygen atoms in total. The Morgan fingerprint density at radius 2 is 2.00 bits per heavy atom. The Hall–Kier alpha value is -1.91. The first kappa shape index (κ1) is 15.0. The number of hydrogen-bond donors (Lipinski definition) is 0. The third kappa shape index (κ3) is 3.13. The summed E-state index contributed by atoms with van der Waals surface area (Å²) in [5, 5.41) is 8.40. The summed E-state index contributed by atoms with van der Waals surface area (Å²) in [6, 6.07) is 4.61. The van der Waals surface area contributed by atoms with Gasteiger partial charge in [-0.25, -0.2) is 9.07 Å². The zero-order valence-corrected chi connectivity index (χ0v) is 13.0. The van der Waals surface area contributed by atoms with Crippen LogP contribution in [0.1, 0.15) is 51.1 Å². The lowest BCUT2D eigenvalue weighted by Crippen LogP contribution is -2.09. The molecule has 0 radical (unpaired) electrons. The van der Waals surface area contributed by atoms with Crippen molar-refractivity contribution in [1.29, 1.82) is 0 Å². The first-order valence-electron chi connectivity index (χ1n) is 8.14. The highest BCUT2D eigenvalue weighted by Gasteiger charge is 2.24. The number of fused-ring (bicyclic) bond motifs is 3. The second-order valence-corrected chi connectivity index (χ2v) is 5.80. The number of hydrogen-bond acceptors (Lipinski definition) is 3. The van der Waals surface area contributed by atoms with Crippen LogP contribution in [0.15, 0.2) is 18.2 Å². The first-order chi connectivity index (χ1) is 10.8. The first-order valence-corrected chi connectivity index (χ1v) is 8.14. The maximum Gasteiger partial charge on any atom is 0.134 e. The lowest BCUT2D eigenvalue weighted by atomic mass is 10.1. The number of aryl methyl sites for hydroxylation is 1. The predicted molar refractivity (Wildman–Crippen MR) is 83.1 cm³/mol. The van der Waals surface area contributed by atoms with Crippen molar-refractivity contribution in [3.8, 4) is 17.0 Å². The number of ether oxygens (including phenoxy) is 1. The highest BCUT2D eigenvalue weighted by atomic mass is 19.1. The van der Waals surface area contributed by atoms with Gasteiger partial charge in [-0.05, 0) is 24.6 Å². The van der Waals surface area contributed by atoms with Gasteiger partial charge in [-0.15, -0.1) is 5.10 Å². The second kappa shape index (κ2) is 6.90. The molecule has 0 N–H and O–H groups in total. The van der Waals surface area contributed by atoms with E-state index in [4.69, 9.17) is 4.74 Å². The van der Waals surface area contributed by atoms with Gasteiger partial charge in [0.2, 0.25) is 0 Å². The zero-order valence-electron chi connectivity index (χ0n) is 13.0. The van der Waals surface area contributed by atoms with Crippen molar-refractivity contribution in [1.82, 2.24) is 15.0 Å². The van der Waals surface area contributed by atoms with Crippen LogP contribution in [0.25, 0.3) is 11.3 Å². The SMILES string of the molecule is CCCCCCCCn1nnc2c1-c1cc(F)ccc1OC2. The van der Waals surface area contributed by atoms with E-state index in [1.165, 1.54) is 44.2 Å². The molecular weight excluding hydrogens is 281 g/mol. The average molecular weight is 303 g/mol. The van der Waals surface area contributed by atoms with Gasteiger partial charge < -0.3 is 4.74 Å². The monoisotopic (exact) mass is 303 g/mol. The summed E-state index contributed by atoms with van der Waals surface area (Å²) >= 11 is 0. The minimum Gasteiger partial charge on any atom is -0.486 e. The number of halogens is 1. The number of benzene rings is 1. The van der Waals surface area contributed by atoms with E-state index in [9.17, 15) is 4.39 Å². The Morgan fingerprint density at radius 3 is 2.86 bits per heavy atom. The molecule has 0 bridgehead atoms. The lowest BCUT2D eigenvalue weighted by Gasteiger charge is -2.18. The molecule has 0 fully saturated rings. The molecule has 0 saturated carbocycles. The molecule has 3 rings (SSSR count). The van der Waals surface area contributed by atoms with Gasteiger partial charge in [0.05, 0.1) is 5.69 Å². The van der Waals surface area contributed by atoms with Crippen LogP contribution < -0.4 is 4.74 Å². The van der Waals surface area contributed by atoms with Crippen LogP contribution in [0.4, 0.5) is 4.39 Å². The quantitative estimate of drug-likeness (QED) is 0.714. The maximum absolute atomic E-state index is 13.5. The molecule has 0 saturated heterocycles. The van der Waals surface area contributed by atoms with Crippen LogP contribution >= 0.6 is 0 Å². The number of aromatic nitrogens is 3. The third-order valence-corrected chi connectivity index (χ3v) is 4.09. The molecule has 0 aliphatic carbocycles. The largest absolute Gasteiger partial charge is 0.486 e. The number of unbranched alkanes of at least 4 members (excludes halogenated alkanes) is 5. The minimum absolute atomic E-state index is 0.262. The molecule has 5 heteroatoms. The van der Waals surface area contributed by atoms with Crippen molar-refractivity contribution in [3.63, 3.8) is 0 Å². The van der Waals surface area contributed by atoms with Crippen molar-refractivity contribution < 1.29 is 9.13 Å². The molecule has 118 valence electrons. The van der Waals surface area contributed by atoms with Crippen molar-refractivity contribution >= 4 is 0 Å². The summed E-state index contributed by atoms with van der Waals surface area (Å²) in [6.07, 6.45) is 7.40. The van der Waals surface area contributed by atoms with E-state index in [2.05, 4.69) is 17.2 Å². The number of rotatable bonds is 7. The highest BCUT2D eigenvalue weighted by Crippen LogP contribution is 2.36. The van der Waals surface area contributed by atoms with Crippen molar-refractivity contribution in [2.24, 2.45) is 0 Å². The lowest BCUT2D eigenvalue weighted by molar-refractivity contribution is 0.296. The van der Waals surface area contributed by atoms with Gasteiger partial charge in [-0.1, -0.05) is 44.2 Å². The molecule has 0 unspecified atom stereocenters. The van der Waals surface area contributed by atoms with Crippen LogP contribution in [-0.4, -0.2) is 15.0 Å². The number of nitrogens with zero attached hydrogens (tertiary/aromatic N) is 3. The molecule has 1 aromatic heterocycles. The topological polar surface area (TPSA) is 39.9 Å². The molecule has 0 atom stereocenters. The summed E-state index contributed by atoms with van der Waals surface area (Å²) < 4.78 is 21.1. The molecule has 1 aliphatic rings. The van der Waals surface area contributed by atoms with Gasteiger partial charge in [-0.3, -0.25) is 0 Å². The fourth-order valence-electron chi connectivity index (χ4n) is 2.90. The Balaban J connectivity index is 1.69. The smallest absolute Gasteiger partial charge is 0.134 e. The van der Waals surface area contributed by atoms with E-state index >= 15 is 0 Å². The molecule has 2 heterocycles. The second-order valence-electron chi connectivity index (χ2n) is 5.80. The molecule has 0 amide bonds. The van der Waals surface area contributed by atoms with Gasteiger partial charge in [-0.2, -0.15) is 0 Å². The van der Waals surface area contributed by atoms with Crippen LogP contribution in [0.2, 0.25) is 0 Å². The van der Waals surface area contributed by atoms with Crippen LogP contribution in [0.5, 0.6) is 5.75 Å². The minimum atomic E-state index is -0.262. The van der Waals surface area contributed by atoms with Crippen LogP contribution in [-0.2, 0) is 13.2 Å². The fraction of sp³-hybridized carbons (Fsp3) is 0.529. The standard InChI is InChI=1S/C17H22FN3O/c1-2-3-4-5-6-7-10-21-17-14-11-13(18)8-9-16(14)22-12-15(17)19-20-21/h8-9,11H,2-7,10,12H2,1H3. The average Bonchev–Trinajstić information content (AvgIpc) is 2.94.